The van der Waals surface area contributed by atoms with E-state index in [4.69, 9.17) is 33.3 Å². The quantitative estimate of drug-likeness (QED) is 0.355. The van der Waals surface area contributed by atoms with E-state index in [1.54, 1.807) is 12.1 Å². The third-order valence-corrected chi connectivity index (χ3v) is 3.95. The van der Waals surface area contributed by atoms with Crippen LogP contribution in [0.4, 0.5) is 0 Å². The summed E-state index contributed by atoms with van der Waals surface area (Å²) >= 11 is 11.2. The highest BCUT2D eigenvalue weighted by molar-refractivity contribution is 7.80. The maximum Gasteiger partial charge on any atom is 0.265 e. The molecule has 132 valence electrons. The van der Waals surface area contributed by atoms with Crippen LogP contribution < -0.4 is 14.8 Å². The first-order valence-electron chi connectivity index (χ1n) is 7.43. The predicted octanol–water partition coefficient (Wildman–Crippen LogP) is 2.56. The lowest BCUT2D eigenvalue weighted by Crippen LogP contribution is -2.53. The van der Waals surface area contributed by atoms with Crippen molar-refractivity contribution in [2.75, 3.05) is 20.3 Å². The number of thiocarbonyl (C=S) groups is 1. The molecule has 1 N–H and O–H groups in total. The minimum atomic E-state index is -0.570. The number of nitrogens with one attached hydrogen (secondary N) is 1. The summed E-state index contributed by atoms with van der Waals surface area (Å²) in [5.74, 6) is -0.261. The van der Waals surface area contributed by atoms with E-state index in [0.29, 0.717) is 28.7 Å². The molecular formula is C17H17ClN2O4S. The van der Waals surface area contributed by atoms with Gasteiger partial charge in [0.2, 0.25) is 0 Å². The summed E-state index contributed by atoms with van der Waals surface area (Å²) in [4.78, 5) is 25.9. The van der Waals surface area contributed by atoms with Gasteiger partial charge < -0.3 is 9.47 Å². The van der Waals surface area contributed by atoms with Gasteiger partial charge in [-0.05, 0) is 42.9 Å². The molecule has 2 amide bonds. The van der Waals surface area contributed by atoms with Gasteiger partial charge in [-0.25, -0.2) is 0 Å². The Hall–Kier alpha value is -2.38. The lowest BCUT2D eigenvalue weighted by atomic mass is 10.1. The lowest BCUT2D eigenvalue weighted by molar-refractivity contribution is -0.128. The van der Waals surface area contributed by atoms with Gasteiger partial charge in [-0.1, -0.05) is 17.7 Å². The Balaban J connectivity index is 2.46. The van der Waals surface area contributed by atoms with Crippen LogP contribution in [0.15, 0.2) is 30.4 Å². The maximum atomic E-state index is 12.5. The number of carbonyl (C=O) groups excluding carboxylic acids is 2. The number of hydrogen-bond donors (Lipinski definition) is 1. The number of benzene rings is 1. The molecule has 0 spiro atoms. The van der Waals surface area contributed by atoms with E-state index < -0.39 is 11.8 Å². The summed E-state index contributed by atoms with van der Waals surface area (Å²) in [6.07, 6.45) is 2.95. The van der Waals surface area contributed by atoms with Gasteiger partial charge in [-0.2, -0.15) is 0 Å². The molecule has 0 radical (unpaired) electrons. The molecule has 0 aromatic heterocycles. The summed E-state index contributed by atoms with van der Waals surface area (Å²) in [5.41, 5.74) is 0.466. The Kier molecular flexibility index (Phi) is 6.17. The molecule has 0 saturated carbocycles. The van der Waals surface area contributed by atoms with E-state index in [1.165, 1.54) is 24.2 Å². The fourth-order valence-corrected chi connectivity index (χ4v) is 2.79. The van der Waals surface area contributed by atoms with Gasteiger partial charge in [-0.15, -0.1) is 6.58 Å². The molecule has 8 heteroatoms. The molecule has 1 aliphatic heterocycles. The molecule has 6 nitrogen and oxygen atoms in total. The highest BCUT2D eigenvalue weighted by Crippen LogP contribution is 2.37. The molecule has 0 bridgehead atoms. The van der Waals surface area contributed by atoms with E-state index in [0.717, 1.165) is 0 Å². The largest absolute Gasteiger partial charge is 0.493 e. The van der Waals surface area contributed by atoms with Gasteiger partial charge in [0.05, 0.1) is 18.7 Å². The van der Waals surface area contributed by atoms with Crippen molar-refractivity contribution < 1.29 is 19.1 Å². The van der Waals surface area contributed by atoms with Crippen LogP contribution in [0.2, 0.25) is 5.02 Å². The molecule has 25 heavy (non-hydrogen) atoms. The van der Waals surface area contributed by atoms with Crippen molar-refractivity contribution in [3.05, 3.63) is 40.9 Å². The number of carbonyl (C=O) groups is 2. The molecule has 1 aliphatic rings. The Bertz CT molecular complexity index is 776. The van der Waals surface area contributed by atoms with Gasteiger partial charge in [-0.3, -0.25) is 19.8 Å². The van der Waals surface area contributed by atoms with Crippen molar-refractivity contribution in [3.63, 3.8) is 0 Å². The molecule has 1 fully saturated rings. The van der Waals surface area contributed by atoms with Gasteiger partial charge in [0.1, 0.15) is 5.57 Å². The highest BCUT2D eigenvalue weighted by atomic mass is 35.5. The van der Waals surface area contributed by atoms with Crippen LogP contribution in [0.25, 0.3) is 6.08 Å². The number of hydrogen-bond acceptors (Lipinski definition) is 5. The number of methoxy groups -OCH3 is 1. The number of rotatable bonds is 6. The minimum Gasteiger partial charge on any atom is -0.493 e. The second kappa shape index (κ2) is 8.13. The van der Waals surface area contributed by atoms with E-state index in [-0.39, 0.29) is 17.2 Å². The van der Waals surface area contributed by atoms with Crippen LogP contribution in [0.5, 0.6) is 11.5 Å². The van der Waals surface area contributed by atoms with Crippen LogP contribution in [0.1, 0.15) is 12.5 Å². The van der Waals surface area contributed by atoms with E-state index in [2.05, 4.69) is 11.9 Å². The van der Waals surface area contributed by atoms with Crippen LogP contribution >= 0.6 is 23.8 Å². The van der Waals surface area contributed by atoms with Gasteiger partial charge in [0.15, 0.2) is 16.6 Å². The fraction of sp³-hybridized carbons (Fsp3) is 0.235. The highest BCUT2D eigenvalue weighted by Gasteiger charge is 2.32. The summed E-state index contributed by atoms with van der Waals surface area (Å²) in [7, 11) is 1.48. The van der Waals surface area contributed by atoms with Crippen molar-refractivity contribution in [2.45, 2.75) is 6.92 Å². The van der Waals surface area contributed by atoms with Crippen molar-refractivity contribution in [1.29, 1.82) is 0 Å². The van der Waals surface area contributed by atoms with Crippen molar-refractivity contribution in [2.24, 2.45) is 0 Å². The van der Waals surface area contributed by atoms with Crippen molar-refractivity contribution in [3.8, 4) is 11.5 Å². The SMILES string of the molecule is C=CCN1C(=O)/C(=C/c2cc(Cl)c(OCC)c(OC)c2)C(=O)NC1=S. The zero-order valence-electron chi connectivity index (χ0n) is 13.8. The number of amides is 2. The summed E-state index contributed by atoms with van der Waals surface area (Å²) < 4.78 is 10.7. The van der Waals surface area contributed by atoms with E-state index in [9.17, 15) is 9.59 Å². The molecule has 1 saturated heterocycles. The summed E-state index contributed by atoms with van der Waals surface area (Å²) in [5, 5.41) is 2.85. The average Bonchev–Trinajstić information content (AvgIpc) is 2.57. The maximum absolute atomic E-state index is 12.5. The molecule has 0 aliphatic carbocycles. The summed E-state index contributed by atoms with van der Waals surface area (Å²) in [6.45, 7) is 6.03. The first-order valence-corrected chi connectivity index (χ1v) is 8.21. The van der Waals surface area contributed by atoms with Crippen LogP contribution in [-0.2, 0) is 9.59 Å². The Morgan fingerprint density at radius 2 is 2.12 bits per heavy atom. The van der Waals surface area contributed by atoms with Gasteiger partial charge in [0.25, 0.3) is 11.8 Å². The first-order chi connectivity index (χ1) is 11.9. The zero-order valence-corrected chi connectivity index (χ0v) is 15.4. The number of nitrogens with zero attached hydrogens (tertiary/aromatic N) is 1. The van der Waals surface area contributed by atoms with Crippen LogP contribution in [0.3, 0.4) is 0 Å². The molecule has 1 aromatic carbocycles. The monoisotopic (exact) mass is 380 g/mol. The summed E-state index contributed by atoms with van der Waals surface area (Å²) in [6, 6.07) is 3.22. The van der Waals surface area contributed by atoms with Crippen molar-refractivity contribution >= 4 is 46.8 Å². The third-order valence-electron chi connectivity index (χ3n) is 3.35. The Labute approximate surface area is 156 Å². The van der Waals surface area contributed by atoms with E-state index >= 15 is 0 Å². The molecule has 0 atom stereocenters. The Morgan fingerprint density at radius 1 is 1.40 bits per heavy atom. The molecule has 1 aromatic rings. The zero-order chi connectivity index (χ0) is 18.6. The number of halogens is 1. The smallest absolute Gasteiger partial charge is 0.265 e. The molecule has 2 rings (SSSR count). The molecule has 1 heterocycles. The number of ether oxygens (including phenoxy) is 2. The Morgan fingerprint density at radius 3 is 2.72 bits per heavy atom. The van der Waals surface area contributed by atoms with Crippen LogP contribution in [-0.4, -0.2) is 42.1 Å². The van der Waals surface area contributed by atoms with E-state index in [1.807, 2.05) is 6.92 Å². The fourth-order valence-electron chi connectivity index (χ4n) is 2.26. The lowest BCUT2D eigenvalue weighted by Gasteiger charge is -2.27. The average molecular weight is 381 g/mol. The van der Waals surface area contributed by atoms with Crippen LogP contribution in [0, 0.1) is 0 Å². The first kappa shape index (κ1) is 19.0. The van der Waals surface area contributed by atoms with Gasteiger partial charge in [0, 0.05) is 6.54 Å². The van der Waals surface area contributed by atoms with Gasteiger partial charge >= 0.3 is 0 Å². The minimum absolute atomic E-state index is 0.0503. The predicted molar refractivity (Wildman–Crippen MR) is 99.8 cm³/mol. The second-order valence-corrected chi connectivity index (χ2v) is 5.78. The second-order valence-electron chi connectivity index (χ2n) is 4.99. The molecule has 0 unspecified atom stereocenters. The topological polar surface area (TPSA) is 67.9 Å². The molecular weight excluding hydrogens is 364 g/mol. The van der Waals surface area contributed by atoms with Crippen molar-refractivity contribution in [1.82, 2.24) is 10.2 Å². The third kappa shape index (κ3) is 4.00. The standard InChI is InChI=1S/C17H17ClN2O4S/c1-4-6-20-16(22)11(15(21)19-17(20)25)7-10-8-12(18)14(24-5-2)13(9-10)23-3/h4,7-9H,1,5-6H2,2-3H3,(H,19,21,25)/b11-7+. The normalized spacial score (nSPS) is 16.0.